The van der Waals surface area contributed by atoms with Gasteiger partial charge in [0.15, 0.2) is 11.5 Å². The first-order chi connectivity index (χ1) is 17.4. The van der Waals surface area contributed by atoms with Gasteiger partial charge in [0.25, 0.3) is 11.1 Å². The van der Waals surface area contributed by atoms with Crippen molar-refractivity contribution in [1.82, 2.24) is 9.80 Å². The van der Waals surface area contributed by atoms with Crippen LogP contribution in [0.1, 0.15) is 29.5 Å². The molecular formula is C27H27ClN2O5S. The molecule has 2 aromatic rings. The summed E-state index contributed by atoms with van der Waals surface area (Å²) in [5, 5.41) is 0.206. The van der Waals surface area contributed by atoms with Crippen LogP contribution < -0.4 is 9.47 Å². The summed E-state index contributed by atoms with van der Waals surface area (Å²) in [5.41, 5.74) is 2.46. The Balaban J connectivity index is 1.55. The molecule has 4 rings (SSSR count). The van der Waals surface area contributed by atoms with Gasteiger partial charge in [0.2, 0.25) is 5.91 Å². The fourth-order valence-corrected chi connectivity index (χ4v) is 5.08. The number of ether oxygens (including phenoxy) is 2. The van der Waals surface area contributed by atoms with Crippen LogP contribution in [0.15, 0.2) is 54.0 Å². The van der Waals surface area contributed by atoms with E-state index in [1.54, 1.807) is 42.4 Å². The minimum absolute atomic E-state index is 0.201. The highest BCUT2D eigenvalue weighted by atomic mass is 35.5. The van der Waals surface area contributed by atoms with Crippen molar-refractivity contribution < 1.29 is 23.9 Å². The highest BCUT2D eigenvalue weighted by Crippen LogP contribution is 2.37. The molecule has 0 bridgehead atoms. The van der Waals surface area contributed by atoms with Crippen LogP contribution in [0.25, 0.3) is 6.08 Å². The van der Waals surface area contributed by atoms with E-state index in [1.165, 1.54) is 0 Å². The first-order valence-electron chi connectivity index (χ1n) is 11.6. The van der Waals surface area contributed by atoms with Crippen molar-refractivity contribution in [3.05, 3.63) is 75.7 Å². The average Bonchev–Trinajstić information content (AvgIpc) is 3.49. The van der Waals surface area contributed by atoms with Crippen LogP contribution in [0.3, 0.4) is 0 Å². The van der Waals surface area contributed by atoms with Gasteiger partial charge in [-0.15, -0.1) is 6.58 Å². The molecule has 0 aromatic heterocycles. The third-order valence-electron chi connectivity index (χ3n) is 5.96. The van der Waals surface area contributed by atoms with Crippen molar-refractivity contribution in [3.8, 4) is 11.5 Å². The number of hydrogen-bond acceptors (Lipinski definition) is 6. The van der Waals surface area contributed by atoms with Gasteiger partial charge in [-0.2, -0.15) is 0 Å². The van der Waals surface area contributed by atoms with Gasteiger partial charge in [-0.25, -0.2) is 0 Å². The number of benzene rings is 2. The van der Waals surface area contributed by atoms with Crippen LogP contribution in [0, 0.1) is 0 Å². The minimum atomic E-state index is -0.468. The van der Waals surface area contributed by atoms with E-state index in [4.69, 9.17) is 21.1 Å². The zero-order valence-corrected chi connectivity index (χ0v) is 21.6. The van der Waals surface area contributed by atoms with Crippen molar-refractivity contribution in [1.29, 1.82) is 0 Å². The molecular weight excluding hydrogens is 500 g/mol. The number of thioether (sulfide) groups is 1. The van der Waals surface area contributed by atoms with Crippen LogP contribution in [0.5, 0.6) is 11.5 Å². The highest BCUT2D eigenvalue weighted by Gasteiger charge is 2.37. The number of likely N-dealkylation sites (tertiary alicyclic amines) is 1. The maximum atomic E-state index is 12.9. The molecule has 2 heterocycles. The summed E-state index contributed by atoms with van der Waals surface area (Å²) in [6.45, 7) is 5.26. The Morgan fingerprint density at radius 3 is 2.56 bits per heavy atom. The maximum absolute atomic E-state index is 12.9. The fraction of sp³-hybridized carbons (Fsp3) is 0.296. The molecule has 0 N–H and O–H groups in total. The van der Waals surface area contributed by atoms with Gasteiger partial charge >= 0.3 is 0 Å². The molecule has 2 fully saturated rings. The molecule has 2 saturated heterocycles. The number of methoxy groups -OCH3 is 1. The van der Waals surface area contributed by atoms with Crippen LogP contribution in [-0.4, -0.2) is 53.6 Å². The quantitative estimate of drug-likeness (QED) is 0.325. The fourth-order valence-electron chi connectivity index (χ4n) is 4.12. The normalized spacial score (nSPS) is 16.7. The zero-order valence-electron chi connectivity index (χ0n) is 20.0. The van der Waals surface area contributed by atoms with Gasteiger partial charge in [-0.1, -0.05) is 29.8 Å². The van der Waals surface area contributed by atoms with E-state index >= 15 is 0 Å². The second kappa shape index (κ2) is 11.7. The third-order valence-corrected chi connectivity index (χ3v) is 7.12. The number of carbonyl (C=O) groups excluding carboxylic acids is 3. The smallest absolute Gasteiger partial charge is 0.294 e. The average molecular weight is 527 g/mol. The summed E-state index contributed by atoms with van der Waals surface area (Å²) in [6.07, 6.45) is 5.80. The van der Waals surface area contributed by atoms with Crippen molar-refractivity contribution in [2.75, 3.05) is 26.7 Å². The Labute approximate surface area is 219 Å². The summed E-state index contributed by atoms with van der Waals surface area (Å²) in [7, 11) is 1.55. The molecule has 0 aliphatic carbocycles. The van der Waals surface area contributed by atoms with Crippen molar-refractivity contribution in [3.63, 3.8) is 0 Å². The first-order valence-corrected chi connectivity index (χ1v) is 12.8. The molecule has 3 amide bonds. The van der Waals surface area contributed by atoms with Crippen molar-refractivity contribution in [2.24, 2.45) is 0 Å². The molecule has 0 spiro atoms. The molecule has 9 heteroatoms. The second-order valence-electron chi connectivity index (χ2n) is 8.48. The summed E-state index contributed by atoms with van der Waals surface area (Å²) in [5.74, 6) is 0.407. The Kier molecular flexibility index (Phi) is 8.38. The SMILES string of the molecule is C=CCc1cc(/C=C2\SC(=O)N(CC(=O)N3CCCC3)C2=O)cc(OC)c1OCc1ccc(Cl)cc1. The molecule has 188 valence electrons. The van der Waals surface area contributed by atoms with Crippen LogP contribution in [0.2, 0.25) is 5.02 Å². The molecule has 0 saturated carbocycles. The Morgan fingerprint density at radius 1 is 1.17 bits per heavy atom. The first kappa shape index (κ1) is 25.9. The number of hydrogen-bond donors (Lipinski definition) is 0. The van der Waals surface area contributed by atoms with Crippen LogP contribution in [0.4, 0.5) is 4.79 Å². The number of amides is 3. The standard InChI is InChI=1S/C27H27ClN2O5S/c1-3-6-20-13-19(14-22(34-2)25(20)35-17-18-7-9-21(28)10-8-18)15-23-26(32)30(27(33)36-23)16-24(31)29-11-4-5-12-29/h3,7-10,13-15H,1,4-6,11-12,16-17H2,2H3/b23-15-. The number of imide groups is 1. The van der Waals surface area contributed by atoms with Crippen LogP contribution >= 0.6 is 23.4 Å². The Morgan fingerprint density at radius 2 is 1.89 bits per heavy atom. The van der Waals surface area contributed by atoms with Gasteiger partial charge in [-0.3, -0.25) is 19.3 Å². The predicted octanol–water partition coefficient (Wildman–Crippen LogP) is 5.31. The van der Waals surface area contributed by atoms with Gasteiger partial charge < -0.3 is 14.4 Å². The molecule has 36 heavy (non-hydrogen) atoms. The van der Waals surface area contributed by atoms with Crippen LogP contribution in [-0.2, 0) is 22.6 Å². The van der Waals surface area contributed by atoms with E-state index in [0.717, 1.165) is 40.6 Å². The monoisotopic (exact) mass is 526 g/mol. The number of nitrogens with zero attached hydrogens (tertiary/aromatic N) is 2. The highest BCUT2D eigenvalue weighted by molar-refractivity contribution is 8.18. The lowest BCUT2D eigenvalue weighted by Crippen LogP contribution is -2.40. The largest absolute Gasteiger partial charge is 0.493 e. The Hall–Kier alpha value is -3.23. The van der Waals surface area contributed by atoms with Gasteiger partial charge in [0.1, 0.15) is 13.2 Å². The lowest BCUT2D eigenvalue weighted by molar-refractivity contribution is -0.135. The Bertz CT molecular complexity index is 1210. The number of rotatable bonds is 9. The molecule has 2 aromatic carbocycles. The van der Waals surface area contributed by atoms with Crippen molar-refractivity contribution in [2.45, 2.75) is 25.9 Å². The summed E-state index contributed by atoms with van der Waals surface area (Å²) in [6, 6.07) is 11.0. The van der Waals surface area contributed by atoms with E-state index in [9.17, 15) is 14.4 Å². The third kappa shape index (κ3) is 5.94. The summed E-state index contributed by atoms with van der Waals surface area (Å²) in [4.78, 5) is 40.9. The van der Waals surface area contributed by atoms with E-state index in [-0.39, 0.29) is 17.4 Å². The maximum Gasteiger partial charge on any atom is 0.294 e. The lowest BCUT2D eigenvalue weighted by atomic mass is 10.0. The molecule has 0 atom stereocenters. The minimum Gasteiger partial charge on any atom is -0.493 e. The molecule has 0 unspecified atom stereocenters. The van der Waals surface area contributed by atoms with E-state index in [0.29, 0.717) is 48.2 Å². The van der Waals surface area contributed by atoms with Gasteiger partial charge in [0.05, 0.1) is 12.0 Å². The predicted molar refractivity (Wildman–Crippen MR) is 141 cm³/mol. The summed E-state index contributed by atoms with van der Waals surface area (Å²) >= 11 is 6.80. The second-order valence-corrected chi connectivity index (χ2v) is 9.90. The van der Waals surface area contributed by atoms with Crippen molar-refractivity contribution >= 4 is 46.5 Å². The zero-order chi connectivity index (χ0) is 25.7. The van der Waals surface area contributed by atoms with Gasteiger partial charge in [-0.05, 0) is 72.5 Å². The lowest BCUT2D eigenvalue weighted by Gasteiger charge is -2.18. The topological polar surface area (TPSA) is 76.2 Å². The van der Waals surface area contributed by atoms with E-state index < -0.39 is 11.1 Å². The number of carbonyl (C=O) groups is 3. The molecule has 2 aliphatic rings. The van der Waals surface area contributed by atoms with Gasteiger partial charge in [0, 0.05) is 23.7 Å². The molecule has 2 aliphatic heterocycles. The van der Waals surface area contributed by atoms with E-state index in [2.05, 4.69) is 6.58 Å². The van der Waals surface area contributed by atoms with E-state index in [1.807, 2.05) is 18.2 Å². The molecule has 7 nitrogen and oxygen atoms in total. The summed E-state index contributed by atoms with van der Waals surface area (Å²) < 4.78 is 11.7. The number of allylic oxidation sites excluding steroid dienone is 1. The number of halogens is 1. The molecule has 0 radical (unpaired) electrons.